The van der Waals surface area contributed by atoms with Crippen LogP contribution in [-0.2, 0) is 11.3 Å². The quantitative estimate of drug-likeness (QED) is 0.824. The van der Waals surface area contributed by atoms with Crippen LogP contribution in [0.2, 0.25) is 0 Å². The minimum atomic E-state index is -0.932. The van der Waals surface area contributed by atoms with E-state index in [1.807, 2.05) is 6.92 Å². The summed E-state index contributed by atoms with van der Waals surface area (Å²) in [4.78, 5) is 0. The number of ether oxygens (including phenoxy) is 1. The zero-order valence-corrected chi connectivity index (χ0v) is 11.0. The summed E-state index contributed by atoms with van der Waals surface area (Å²) >= 11 is 3.31. The van der Waals surface area contributed by atoms with Gasteiger partial charge in [0.1, 0.15) is 6.10 Å². The van der Waals surface area contributed by atoms with Crippen LogP contribution < -0.4 is 0 Å². The van der Waals surface area contributed by atoms with Gasteiger partial charge in [0.15, 0.2) is 0 Å². The molecule has 0 bridgehead atoms. The van der Waals surface area contributed by atoms with E-state index in [9.17, 15) is 10.2 Å². The Bertz CT molecular complexity index is 330. The summed E-state index contributed by atoms with van der Waals surface area (Å²) in [6.45, 7) is 2.87. The molecule has 2 N–H and O–H groups in total. The van der Waals surface area contributed by atoms with Crippen molar-refractivity contribution in [2.75, 3.05) is 13.7 Å². The molecule has 1 aromatic heterocycles. The predicted molar refractivity (Wildman–Crippen MR) is 63.1 cm³/mol. The van der Waals surface area contributed by atoms with E-state index in [1.165, 1.54) is 0 Å². The van der Waals surface area contributed by atoms with Crippen molar-refractivity contribution in [1.82, 2.24) is 9.78 Å². The molecule has 0 amide bonds. The zero-order chi connectivity index (χ0) is 12.1. The summed E-state index contributed by atoms with van der Waals surface area (Å²) in [5.74, 6) is 0. The molecular formula is C10H17BrN2O3. The van der Waals surface area contributed by atoms with Gasteiger partial charge in [0, 0.05) is 7.11 Å². The number of hydrogen-bond donors (Lipinski definition) is 2. The summed E-state index contributed by atoms with van der Waals surface area (Å²) < 4.78 is 7.29. The molecule has 92 valence electrons. The maximum absolute atomic E-state index is 9.96. The van der Waals surface area contributed by atoms with E-state index in [0.29, 0.717) is 29.7 Å². The fourth-order valence-corrected chi connectivity index (χ4v) is 1.96. The van der Waals surface area contributed by atoms with E-state index >= 15 is 0 Å². The van der Waals surface area contributed by atoms with E-state index in [0.717, 1.165) is 0 Å². The van der Waals surface area contributed by atoms with Crippen LogP contribution in [0.3, 0.4) is 0 Å². The number of nitrogens with zero attached hydrogens (tertiary/aromatic N) is 2. The second-order valence-corrected chi connectivity index (χ2v) is 4.37. The molecule has 0 fully saturated rings. The van der Waals surface area contributed by atoms with Crippen LogP contribution in [0.5, 0.6) is 0 Å². The molecule has 2 atom stereocenters. The Kier molecular flexibility index (Phi) is 5.40. The summed E-state index contributed by atoms with van der Waals surface area (Å²) in [5, 5.41) is 23.7. The van der Waals surface area contributed by atoms with Crippen molar-refractivity contribution in [3.8, 4) is 0 Å². The van der Waals surface area contributed by atoms with E-state index in [-0.39, 0.29) is 0 Å². The van der Waals surface area contributed by atoms with E-state index in [1.54, 1.807) is 18.0 Å². The average molecular weight is 293 g/mol. The first-order valence-corrected chi connectivity index (χ1v) is 5.97. The van der Waals surface area contributed by atoms with Crippen LogP contribution in [0.25, 0.3) is 0 Å². The Morgan fingerprint density at radius 1 is 1.56 bits per heavy atom. The lowest BCUT2D eigenvalue weighted by atomic mass is 10.1. The topological polar surface area (TPSA) is 67.5 Å². The lowest BCUT2D eigenvalue weighted by Crippen LogP contribution is -2.22. The van der Waals surface area contributed by atoms with Gasteiger partial charge in [-0.1, -0.05) is 6.92 Å². The van der Waals surface area contributed by atoms with E-state index in [2.05, 4.69) is 21.0 Å². The van der Waals surface area contributed by atoms with E-state index < -0.39 is 12.2 Å². The maximum Gasteiger partial charge on any atom is 0.123 e. The number of aliphatic hydroxyl groups is 2. The molecular weight excluding hydrogens is 276 g/mol. The van der Waals surface area contributed by atoms with Gasteiger partial charge in [-0.25, -0.2) is 0 Å². The molecule has 1 heterocycles. The number of aliphatic hydroxyl groups excluding tert-OH is 2. The molecule has 1 aromatic rings. The third-order valence-corrected chi connectivity index (χ3v) is 3.01. The van der Waals surface area contributed by atoms with Gasteiger partial charge in [-0.05, 0) is 22.4 Å². The normalized spacial score (nSPS) is 15.1. The molecule has 0 saturated carbocycles. The fourth-order valence-electron chi connectivity index (χ4n) is 1.43. The van der Waals surface area contributed by atoms with Gasteiger partial charge in [-0.2, -0.15) is 5.10 Å². The molecule has 1 rings (SSSR count). The smallest absolute Gasteiger partial charge is 0.123 e. The van der Waals surface area contributed by atoms with Gasteiger partial charge in [0.05, 0.1) is 35.6 Å². The summed E-state index contributed by atoms with van der Waals surface area (Å²) in [7, 11) is 1.61. The van der Waals surface area contributed by atoms with Crippen molar-refractivity contribution in [3.63, 3.8) is 0 Å². The van der Waals surface area contributed by atoms with Crippen molar-refractivity contribution < 1.29 is 14.9 Å². The monoisotopic (exact) mass is 292 g/mol. The maximum atomic E-state index is 9.96. The van der Waals surface area contributed by atoms with Crippen LogP contribution in [0, 0.1) is 0 Å². The van der Waals surface area contributed by atoms with Crippen molar-refractivity contribution in [2.45, 2.75) is 32.1 Å². The van der Waals surface area contributed by atoms with Crippen molar-refractivity contribution in [1.29, 1.82) is 0 Å². The highest BCUT2D eigenvalue weighted by Crippen LogP contribution is 2.26. The second-order valence-electron chi connectivity index (χ2n) is 3.51. The van der Waals surface area contributed by atoms with Crippen LogP contribution in [0.15, 0.2) is 10.7 Å². The molecule has 0 radical (unpaired) electrons. The molecule has 5 nitrogen and oxygen atoms in total. The lowest BCUT2D eigenvalue weighted by molar-refractivity contribution is 0.00999. The molecule has 2 unspecified atom stereocenters. The highest BCUT2D eigenvalue weighted by atomic mass is 79.9. The van der Waals surface area contributed by atoms with Crippen molar-refractivity contribution in [3.05, 3.63) is 16.4 Å². The molecule has 0 aliphatic heterocycles. The highest BCUT2D eigenvalue weighted by molar-refractivity contribution is 9.10. The first-order chi connectivity index (χ1) is 7.61. The second kappa shape index (κ2) is 6.34. The molecule has 0 saturated heterocycles. The predicted octanol–water partition coefficient (Wildman–Crippen LogP) is 1.10. The molecule has 0 aliphatic carbocycles. The standard InChI is InChI=1S/C10H17BrN2O3/c1-3-8(14)10(15)9-7(11)6-12-13(9)4-5-16-2/h6,8,10,14-15H,3-5H2,1-2H3. The van der Waals surface area contributed by atoms with Gasteiger partial charge in [0.2, 0.25) is 0 Å². The van der Waals surface area contributed by atoms with Gasteiger partial charge in [-0.3, -0.25) is 4.68 Å². The summed E-state index contributed by atoms with van der Waals surface area (Å²) in [6.07, 6.45) is 0.382. The highest BCUT2D eigenvalue weighted by Gasteiger charge is 2.23. The summed E-state index contributed by atoms with van der Waals surface area (Å²) in [6, 6.07) is 0. The first kappa shape index (κ1) is 13.6. The van der Waals surface area contributed by atoms with Gasteiger partial charge < -0.3 is 14.9 Å². The van der Waals surface area contributed by atoms with Gasteiger partial charge >= 0.3 is 0 Å². The SMILES string of the molecule is CCC(O)C(O)c1c(Br)cnn1CCOC. The molecule has 0 aliphatic rings. The zero-order valence-electron chi connectivity index (χ0n) is 9.43. The van der Waals surface area contributed by atoms with Crippen molar-refractivity contribution in [2.24, 2.45) is 0 Å². The number of rotatable bonds is 6. The van der Waals surface area contributed by atoms with Crippen LogP contribution >= 0.6 is 15.9 Å². The largest absolute Gasteiger partial charge is 0.390 e. The third kappa shape index (κ3) is 3.04. The number of halogens is 1. The average Bonchev–Trinajstić information content (AvgIpc) is 2.65. The van der Waals surface area contributed by atoms with Crippen LogP contribution in [0.1, 0.15) is 25.1 Å². The Morgan fingerprint density at radius 2 is 2.25 bits per heavy atom. The summed E-state index contributed by atoms with van der Waals surface area (Å²) in [5.41, 5.74) is 0.589. The Hall–Kier alpha value is -0.430. The first-order valence-electron chi connectivity index (χ1n) is 5.18. The number of methoxy groups -OCH3 is 1. The van der Waals surface area contributed by atoms with Gasteiger partial charge in [-0.15, -0.1) is 0 Å². The number of hydrogen-bond acceptors (Lipinski definition) is 4. The molecule has 0 aromatic carbocycles. The molecule has 16 heavy (non-hydrogen) atoms. The Balaban J connectivity index is 2.87. The molecule has 6 heteroatoms. The molecule has 0 spiro atoms. The fraction of sp³-hybridized carbons (Fsp3) is 0.700. The minimum absolute atomic E-state index is 0.489. The van der Waals surface area contributed by atoms with Crippen LogP contribution in [-0.4, -0.2) is 39.8 Å². The van der Waals surface area contributed by atoms with Gasteiger partial charge in [0.25, 0.3) is 0 Å². The minimum Gasteiger partial charge on any atom is -0.390 e. The third-order valence-electron chi connectivity index (χ3n) is 2.40. The lowest BCUT2D eigenvalue weighted by Gasteiger charge is -2.18. The number of aromatic nitrogens is 2. The van der Waals surface area contributed by atoms with Crippen molar-refractivity contribution >= 4 is 15.9 Å². The van der Waals surface area contributed by atoms with Crippen LogP contribution in [0.4, 0.5) is 0 Å². The van der Waals surface area contributed by atoms with E-state index in [4.69, 9.17) is 4.74 Å². The Morgan fingerprint density at radius 3 is 2.81 bits per heavy atom. The Labute approximate surface area is 103 Å².